The van der Waals surface area contributed by atoms with Crippen LogP contribution in [0.3, 0.4) is 0 Å². The van der Waals surface area contributed by atoms with Crippen molar-refractivity contribution in [2.45, 2.75) is 6.54 Å². The first-order valence-electron chi connectivity index (χ1n) is 5.21. The third-order valence-electron chi connectivity index (χ3n) is 2.57. The summed E-state index contributed by atoms with van der Waals surface area (Å²) in [6, 6.07) is 4.62. The zero-order valence-corrected chi connectivity index (χ0v) is 10.9. The number of fused-ring (bicyclic) bond motifs is 1. The predicted molar refractivity (Wildman–Crippen MR) is 70.4 cm³/mol. The summed E-state index contributed by atoms with van der Waals surface area (Å²) in [5, 5.41) is 24.1. The molecule has 0 N–H and O–H groups in total. The van der Waals surface area contributed by atoms with Crippen LogP contribution in [-0.4, -0.2) is 24.9 Å². The Balaban J connectivity index is 2.03. The molecule has 2 aromatic heterocycles. The van der Waals surface area contributed by atoms with Gasteiger partial charge in [0.15, 0.2) is 0 Å². The Kier molecular flexibility index (Phi) is 2.88. The lowest BCUT2D eigenvalue weighted by atomic mass is 10.2. The van der Waals surface area contributed by atoms with Crippen molar-refractivity contribution in [3.05, 3.63) is 44.0 Å². The molecule has 0 aliphatic rings. The van der Waals surface area contributed by atoms with Crippen LogP contribution in [0, 0.1) is 10.1 Å². The minimum atomic E-state index is -0.432. The fourth-order valence-corrected chi connectivity index (χ4v) is 2.57. The van der Waals surface area contributed by atoms with Crippen molar-refractivity contribution in [3.8, 4) is 0 Å². The van der Waals surface area contributed by atoms with Gasteiger partial charge in [0, 0.05) is 17.5 Å². The number of nitro benzene ring substituents is 1. The third kappa shape index (κ3) is 2.27. The number of rotatable bonds is 3. The first kappa shape index (κ1) is 12.0. The molecule has 0 fully saturated rings. The maximum atomic E-state index is 10.8. The molecule has 3 rings (SSSR count). The Morgan fingerprint density at radius 1 is 1.42 bits per heavy atom. The van der Waals surface area contributed by atoms with Gasteiger partial charge >= 0.3 is 0 Å². The Morgan fingerprint density at radius 3 is 2.95 bits per heavy atom. The molecule has 0 unspecified atom stereocenters. The van der Waals surface area contributed by atoms with E-state index in [1.165, 1.54) is 23.5 Å². The summed E-state index contributed by atoms with van der Waals surface area (Å²) >= 11 is 6.97. The van der Waals surface area contributed by atoms with Gasteiger partial charge < -0.3 is 0 Å². The maximum absolute atomic E-state index is 10.8. The fourth-order valence-electron chi connectivity index (χ4n) is 1.72. The number of benzene rings is 1. The average molecular weight is 296 g/mol. The molecule has 0 saturated carbocycles. The number of aromatic nitrogens is 4. The van der Waals surface area contributed by atoms with Gasteiger partial charge in [0.05, 0.1) is 23.2 Å². The van der Waals surface area contributed by atoms with E-state index in [1.54, 1.807) is 16.9 Å². The molecular weight excluding hydrogens is 290 g/mol. The Hall–Kier alpha value is -2.06. The number of nitro groups is 1. The van der Waals surface area contributed by atoms with Crippen LogP contribution >= 0.6 is 22.9 Å². The van der Waals surface area contributed by atoms with Gasteiger partial charge in [0.2, 0.25) is 4.47 Å². The van der Waals surface area contributed by atoms with E-state index in [-0.39, 0.29) is 5.69 Å². The van der Waals surface area contributed by atoms with Crippen molar-refractivity contribution in [3.63, 3.8) is 0 Å². The summed E-state index contributed by atoms with van der Waals surface area (Å²) in [5.74, 6) is 0. The molecule has 0 amide bonds. The molecule has 96 valence electrons. The lowest BCUT2D eigenvalue weighted by molar-refractivity contribution is -0.384. The first-order chi connectivity index (χ1) is 9.13. The molecule has 9 heteroatoms. The molecule has 0 radical (unpaired) electrons. The van der Waals surface area contributed by atoms with Gasteiger partial charge in [-0.1, -0.05) is 11.3 Å². The van der Waals surface area contributed by atoms with Crippen LogP contribution in [0.25, 0.3) is 10.9 Å². The van der Waals surface area contributed by atoms with Crippen LogP contribution < -0.4 is 0 Å². The minimum Gasteiger partial charge on any atom is -0.258 e. The highest BCUT2D eigenvalue weighted by atomic mass is 35.5. The summed E-state index contributed by atoms with van der Waals surface area (Å²) in [4.78, 5) is 10.3. The molecule has 2 heterocycles. The molecule has 0 saturated heterocycles. The topological polar surface area (TPSA) is 86.7 Å². The van der Waals surface area contributed by atoms with Crippen LogP contribution in [0.4, 0.5) is 5.69 Å². The van der Waals surface area contributed by atoms with Gasteiger partial charge in [-0.15, -0.1) is 10.2 Å². The molecule has 0 spiro atoms. The van der Waals surface area contributed by atoms with E-state index in [2.05, 4.69) is 15.3 Å². The highest BCUT2D eigenvalue weighted by Crippen LogP contribution is 2.22. The van der Waals surface area contributed by atoms with Crippen LogP contribution in [0.5, 0.6) is 0 Å². The minimum absolute atomic E-state index is 0.0320. The van der Waals surface area contributed by atoms with Crippen LogP contribution in [0.2, 0.25) is 4.47 Å². The lowest BCUT2D eigenvalue weighted by Crippen LogP contribution is -2.01. The Morgan fingerprint density at radius 2 is 2.26 bits per heavy atom. The highest BCUT2D eigenvalue weighted by molar-refractivity contribution is 7.15. The third-order valence-corrected chi connectivity index (χ3v) is 3.57. The molecule has 0 aliphatic carbocycles. The second-order valence-electron chi connectivity index (χ2n) is 3.75. The van der Waals surface area contributed by atoms with Gasteiger partial charge in [-0.05, 0) is 17.7 Å². The Labute approximate surface area is 115 Å². The summed E-state index contributed by atoms with van der Waals surface area (Å²) in [6.07, 6.45) is 1.65. The van der Waals surface area contributed by atoms with Crippen molar-refractivity contribution in [1.82, 2.24) is 20.0 Å². The van der Waals surface area contributed by atoms with Gasteiger partial charge in [-0.2, -0.15) is 5.10 Å². The number of nitrogens with zero attached hydrogens (tertiary/aromatic N) is 5. The van der Waals surface area contributed by atoms with E-state index in [4.69, 9.17) is 11.6 Å². The van der Waals surface area contributed by atoms with Gasteiger partial charge in [0.25, 0.3) is 5.69 Å². The Bertz CT molecular complexity index is 768. The molecule has 0 aliphatic heterocycles. The lowest BCUT2D eigenvalue weighted by Gasteiger charge is -1.99. The van der Waals surface area contributed by atoms with Crippen molar-refractivity contribution in [2.75, 3.05) is 0 Å². The molecule has 3 aromatic rings. The predicted octanol–water partition coefficient (Wildman–Crippen LogP) is 2.50. The quantitative estimate of drug-likeness (QED) is 0.547. The summed E-state index contributed by atoms with van der Waals surface area (Å²) in [7, 11) is 0. The standard InChI is InChI=1S/C10H6ClN5O2S/c11-10-14-13-9(19-10)5-15-8-3-7(16(17)18)2-1-6(8)4-12-15/h1-4H,5H2. The summed E-state index contributed by atoms with van der Waals surface area (Å²) in [6.45, 7) is 0.384. The SMILES string of the molecule is O=[N+]([O-])c1ccc2cnn(Cc3nnc(Cl)s3)c2c1. The van der Waals surface area contributed by atoms with Crippen molar-refractivity contribution in [2.24, 2.45) is 0 Å². The number of hydrogen-bond donors (Lipinski definition) is 0. The van der Waals surface area contributed by atoms with E-state index in [0.717, 1.165) is 5.39 Å². The van der Waals surface area contributed by atoms with E-state index in [0.29, 0.717) is 21.5 Å². The zero-order valence-electron chi connectivity index (χ0n) is 9.36. The van der Waals surface area contributed by atoms with E-state index >= 15 is 0 Å². The number of hydrogen-bond acceptors (Lipinski definition) is 6. The van der Waals surface area contributed by atoms with E-state index < -0.39 is 4.92 Å². The molecule has 0 bridgehead atoms. The summed E-state index contributed by atoms with van der Waals surface area (Å²) in [5.41, 5.74) is 0.713. The molecule has 0 atom stereocenters. The second-order valence-corrected chi connectivity index (χ2v) is 5.40. The summed E-state index contributed by atoms with van der Waals surface area (Å²) < 4.78 is 2.00. The van der Waals surface area contributed by atoms with E-state index in [9.17, 15) is 10.1 Å². The smallest absolute Gasteiger partial charge is 0.258 e. The zero-order chi connectivity index (χ0) is 13.4. The van der Waals surface area contributed by atoms with Gasteiger partial charge in [-0.3, -0.25) is 14.8 Å². The first-order valence-corrected chi connectivity index (χ1v) is 6.41. The molecule has 7 nitrogen and oxygen atoms in total. The normalized spacial score (nSPS) is 11.0. The van der Waals surface area contributed by atoms with Crippen molar-refractivity contribution in [1.29, 1.82) is 0 Å². The van der Waals surface area contributed by atoms with Gasteiger partial charge in [0.1, 0.15) is 5.01 Å². The second kappa shape index (κ2) is 4.56. The highest BCUT2D eigenvalue weighted by Gasteiger charge is 2.11. The number of halogens is 1. The maximum Gasteiger partial charge on any atom is 0.271 e. The molecule has 19 heavy (non-hydrogen) atoms. The van der Waals surface area contributed by atoms with Crippen LogP contribution in [0.15, 0.2) is 24.4 Å². The van der Waals surface area contributed by atoms with E-state index in [1.807, 2.05) is 0 Å². The van der Waals surface area contributed by atoms with Crippen molar-refractivity contribution >= 4 is 39.5 Å². The van der Waals surface area contributed by atoms with Crippen LogP contribution in [-0.2, 0) is 6.54 Å². The average Bonchev–Trinajstić information content (AvgIpc) is 2.96. The number of non-ortho nitro benzene ring substituents is 1. The van der Waals surface area contributed by atoms with Crippen molar-refractivity contribution < 1.29 is 4.92 Å². The molecular formula is C10H6ClN5O2S. The van der Waals surface area contributed by atoms with Gasteiger partial charge in [-0.25, -0.2) is 0 Å². The monoisotopic (exact) mass is 295 g/mol. The fraction of sp³-hybridized carbons (Fsp3) is 0.100. The van der Waals surface area contributed by atoms with Crippen LogP contribution in [0.1, 0.15) is 5.01 Å². The molecule has 1 aromatic carbocycles. The largest absolute Gasteiger partial charge is 0.271 e.